The molecule has 5 nitrogen and oxygen atoms in total. The van der Waals surface area contributed by atoms with Crippen LogP contribution in [0.5, 0.6) is 11.5 Å². The van der Waals surface area contributed by atoms with E-state index in [2.05, 4.69) is 10.3 Å². The maximum atomic E-state index is 13.0. The minimum atomic E-state index is -0.302. The first-order valence-electron chi connectivity index (χ1n) is 8.44. The van der Waals surface area contributed by atoms with E-state index in [4.69, 9.17) is 9.47 Å². The SMILES string of the molecule is O=C(Nc1ccc2c(c1)OCO2)C(Cc1ccncc1)c1ccccc1. The highest BCUT2D eigenvalue weighted by molar-refractivity contribution is 5.96. The van der Waals surface area contributed by atoms with Crippen molar-refractivity contribution in [3.8, 4) is 11.5 Å². The Kier molecular flexibility index (Phi) is 4.51. The molecule has 4 rings (SSSR count). The fraction of sp³-hybridized carbons (Fsp3) is 0.143. The summed E-state index contributed by atoms with van der Waals surface area (Å²) in [4.78, 5) is 17.1. The van der Waals surface area contributed by atoms with Crippen molar-refractivity contribution in [3.05, 3.63) is 84.2 Å². The average molecular weight is 346 g/mol. The topological polar surface area (TPSA) is 60.5 Å². The molecule has 5 heteroatoms. The summed E-state index contributed by atoms with van der Waals surface area (Å²) < 4.78 is 10.7. The molecule has 0 saturated carbocycles. The molecule has 0 saturated heterocycles. The minimum Gasteiger partial charge on any atom is -0.454 e. The van der Waals surface area contributed by atoms with Crippen LogP contribution in [0.25, 0.3) is 0 Å². The van der Waals surface area contributed by atoms with E-state index in [0.717, 1.165) is 11.1 Å². The molecule has 130 valence electrons. The van der Waals surface area contributed by atoms with E-state index >= 15 is 0 Å². The molecule has 0 bridgehead atoms. The molecule has 1 aromatic heterocycles. The number of nitrogens with one attached hydrogen (secondary N) is 1. The first-order chi connectivity index (χ1) is 12.8. The van der Waals surface area contributed by atoms with Crippen LogP contribution in [-0.2, 0) is 11.2 Å². The number of hydrogen-bond acceptors (Lipinski definition) is 4. The minimum absolute atomic E-state index is 0.0631. The van der Waals surface area contributed by atoms with Crippen molar-refractivity contribution in [2.75, 3.05) is 12.1 Å². The molecule has 0 spiro atoms. The van der Waals surface area contributed by atoms with Crippen LogP contribution in [0.15, 0.2) is 73.1 Å². The van der Waals surface area contributed by atoms with E-state index < -0.39 is 0 Å². The number of fused-ring (bicyclic) bond motifs is 1. The lowest BCUT2D eigenvalue weighted by molar-refractivity contribution is -0.117. The molecular formula is C21H18N2O3. The fourth-order valence-corrected chi connectivity index (χ4v) is 3.01. The molecule has 1 aliphatic rings. The van der Waals surface area contributed by atoms with Gasteiger partial charge in [0.15, 0.2) is 11.5 Å². The Bertz CT molecular complexity index is 898. The second kappa shape index (κ2) is 7.27. The highest BCUT2D eigenvalue weighted by atomic mass is 16.7. The molecule has 26 heavy (non-hydrogen) atoms. The second-order valence-electron chi connectivity index (χ2n) is 6.08. The van der Waals surface area contributed by atoms with Gasteiger partial charge in [0.05, 0.1) is 5.92 Å². The van der Waals surface area contributed by atoms with Crippen LogP contribution in [-0.4, -0.2) is 17.7 Å². The Morgan fingerprint density at radius 2 is 1.77 bits per heavy atom. The average Bonchev–Trinajstić information content (AvgIpc) is 3.15. The third-order valence-electron chi connectivity index (χ3n) is 4.35. The van der Waals surface area contributed by atoms with Gasteiger partial charge < -0.3 is 14.8 Å². The van der Waals surface area contributed by atoms with E-state index in [1.54, 1.807) is 24.5 Å². The summed E-state index contributed by atoms with van der Waals surface area (Å²) in [6.07, 6.45) is 4.09. The zero-order valence-corrected chi connectivity index (χ0v) is 14.1. The molecule has 2 heterocycles. The molecule has 0 aliphatic carbocycles. The molecule has 0 radical (unpaired) electrons. The number of hydrogen-bond donors (Lipinski definition) is 1. The third kappa shape index (κ3) is 3.52. The summed E-state index contributed by atoms with van der Waals surface area (Å²) in [5.74, 6) is 0.975. The Balaban J connectivity index is 1.57. The lowest BCUT2D eigenvalue weighted by atomic mass is 9.91. The molecule has 1 unspecified atom stereocenters. The number of carbonyl (C=O) groups excluding carboxylic acids is 1. The number of carbonyl (C=O) groups is 1. The van der Waals surface area contributed by atoms with E-state index in [-0.39, 0.29) is 18.6 Å². The first-order valence-corrected chi connectivity index (χ1v) is 8.44. The number of pyridine rings is 1. The van der Waals surface area contributed by atoms with Crippen molar-refractivity contribution in [2.24, 2.45) is 0 Å². The van der Waals surface area contributed by atoms with Crippen LogP contribution < -0.4 is 14.8 Å². The van der Waals surface area contributed by atoms with Gasteiger partial charge in [-0.15, -0.1) is 0 Å². The van der Waals surface area contributed by atoms with Crippen LogP contribution in [0.2, 0.25) is 0 Å². The predicted octanol–water partition coefficient (Wildman–Crippen LogP) is 3.78. The van der Waals surface area contributed by atoms with Crippen LogP contribution in [0.1, 0.15) is 17.0 Å². The normalized spacial score (nSPS) is 13.2. The Morgan fingerprint density at radius 3 is 2.58 bits per heavy atom. The van der Waals surface area contributed by atoms with Gasteiger partial charge in [0.1, 0.15) is 0 Å². The monoisotopic (exact) mass is 346 g/mol. The van der Waals surface area contributed by atoms with Gasteiger partial charge in [0, 0.05) is 24.1 Å². The summed E-state index contributed by atoms with van der Waals surface area (Å²) in [5.41, 5.74) is 2.73. The zero-order valence-electron chi connectivity index (χ0n) is 14.1. The van der Waals surface area contributed by atoms with Gasteiger partial charge in [0.25, 0.3) is 0 Å². The summed E-state index contributed by atoms with van der Waals surface area (Å²) >= 11 is 0. The van der Waals surface area contributed by atoms with Gasteiger partial charge in [0.2, 0.25) is 12.7 Å². The van der Waals surface area contributed by atoms with Crippen molar-refractivity contribution < 1.29 is 14.3 Å². The molecule has 1 amide bonds. The van der Waals surface area contributed by atoms with Crippen LogP contribution in [0.4, 0.5) is 5.69 Å². The van der Waals surface area contributed by atoms with Crippen LogP contribution in [0, 0.1) is 0 Å². The van der Waals surface area contributed by atoms with Crippen molar-refractivity contribution in [2.45, 2.75) is 12.3 Å². The molecule has 3 aromatic rings. The summed E-state index contributed by atoms with van der Waals surface area (Å²) in [6.45, 7) is 0.210. The number of anilines is 1. The van der Waals surface area contributed by atoms with Gasteiger partial charge in [-0.3, -0.25) is 9.78 Å². The van der Waals surface area contributed by atoms with Crippen molar-refractivity contribution in [1.29, 1.82) is 0 Å². The van der Waals surface area contributed by atoms with Gasteiger partial charge >= 0.3 is 0 Å². The number of amides is 1. The lowest BCUT2D eigenvalue weighted by Gasteiger charge is -2.17. The lowest BCUT2D eigenvalue weighted by Crippen LogP contribution is -2.23. The molecule has 0 fully saturated rings. The number of benzene rings is 2. The molecule has 2 aromatic carbocycles. The number of aromatic nitrogens is 1. The third-order valence-corrected chi connectivity index (χ3v) is 4.35. The maximum absolute atomic E-state index is 13.0. The van der Waals surface area contributed by atoms with Gasteiger partial charge in [-0.2, -0.15) is 0 Å². The van der Waals surface area contributed by atoms with Crippen molar-refractivity contribution in [3.63, 3.8) is 0 Å². The van der Waals surface area contributed by atoms with Gasteiger partial charge in [-0.1, -0.05) is 30.3 Å². The molecule has 1 aliphatic heterocycles. The Hall–Kier alpha value is -3.34. The maximum Gasteiger partial charge on any atom is 0.232 e. The Morgan fingerprint density at radius 1 is 1.00 bits per heavy atom. The van der Waals surface area contributed by atoms with Gasteiger partial charge in [-0.05, 0) is 41.8 Å². The van der Waals surface area contributed by atoms with E-state index in [1.165, 1.54) is 0 Å². The Labute approximate surface area is 151 Å². The standard InChI is InChI=1S/C21H18N2O3/c24-21(23-17-6-7-19-20(13-17)26-14-25-19)18(16-4-2-1-3-5-16)12-15-8-10-22-11-9-15/h1-11,13,18H,12,14H2,(H,23,24). The molecule has 1 N–H and O–H groups in total. The molecular weight excluding hydrogens is 328 g/mol. The number of nitrogens with zero attached hydrogens (tertiary/aromatic N) is 1. The van der Waals surface area contributed by atoms with E-state index in [1.807, 2.05) is 48.5 Å². The number of ether oxygens (including phenoxy) is 2. The fourth-order valence-electron chi connectivity index (χ4n) is 3.01. The quantitative estimate of drug-likeness (QED) is 0.764. The van der Waals surface area contributed by atoms with E-state index in [0.29, 0.717) is 23.6 Å². The van der Waals surface area contributed by atoms with Crippen LogP contribution in [0.3, 0.4) is 0 Å². The first kappa shape index (κ1) is 16.1. The van der Waals surface area contributed by atoms with E-state index in [9.17, 15) is 4.79 Å². The highest BCUT2D eigenvalue weighted by Gasteiger charge is 2.22. The predicted molar refractivity (Wildman–Crippen MR) is 98.3 cm³/mol. The molecule has 1 atom stereocenters. The highest BCUT2D eigenvalue weighted by Crippen LogP contribution is 2.34. The van der Waals surface area contributed by atoms with Crippen molar-refractivity contribution >= 4 is 11.6 Å². The largest absolute Gasteiger partial charge is 0.454 e. The van der Waals surface area contributed by atoms with Gasteiger partial charge in [-0.25, -0.2) is 0 Å². The van der Waals surface area contributed by atoms with Crippen molar-refractivity contribution in [1.82, 2.24) is 4.98 Å². The number of rotatable bonds is 5. The smallest absolute Gasteiger partial charge is 0.232 e. The summed E-state index contributed by atoms with van der Waals surface area (Å²) in [5, 5.41) is 3.00. The summed E-state index contributed by atoms with van der Waals surface area (Å²) in [7, 11) is 0. The second-order valence-corrected chi connectivity index (χ2v) is 6.08. The summed E-state index contributed by atoms with van der Waals surface area (Å²) in [6, 6.07) is 19.1. The van der Waals surface area contributed by atoms with Crippen LogP contribution >= 0.6 is 0 Å². The zero-order chi connectivity index (χ0) is 17.8.